The van der Waals surface area contributed by atoms with Crippen molar-refractivity contribution in [2.24, 2.45) is 0 Å². The van der Waals surface area contributed by atoms with Crippen LogP contribution in [-0.4, -0.2) is 5.78 Å². The molecule has 1 heteroatoms. The van der Waals surface area contributed by atoms with Crippen LogP contribution in [0.4, 0.5) is 0 Å². The van der Waals surface area contributed by atoms with Gasteiger partial charge in [0.25, 0.3) is 0 Å². The minimum Gasteiger partial charge on any atom is -0.294 e. The first-order valence-corrected chi connectivity index (χ1v) is 8.58. The molecule has 1 nitrogen and oxygen atoms in total. The molecule has 2 aromatic rings. The third-order valence-corrected chi connectivity index (χ3v) is 4.63. The third kappa shape index (κ3) is 3.34. The van der Waals surface area contributed by atoms with E-state index in [-0.39, 0.29) is 16.6 Å². The molecule has 124 valence electrons. The monoisotopic (exact) mass is 310 g/mol. The fourth-order valence-electron chi connectivity index (χ4n) is 3.23. The molecule has 0 aliphatic carbocycles. The van der Waals surface area contributed by atoms with Crippen molar-refractivity contribution in [1.82, 2.24) is 0 Å². The SMILES string of the molecule is CCc1cc(C(C)(C)C)c(C(C)=O)c2ccc(C(C)(C)C)cc12. The highest BCUT2D eigenvalue weighted by molar-refractivity contribution is 6.09. The first kappa shape index (κ1) is 17.7. The lowest BCUT2D eigenvalue weighted by Crippen LogP contribution is -2.18. The second-order valence-electron chi connectivity index (χ2n) is 8.63. The van der Waals surface area contributed by atoms with E-state index < -0.39 is 0 Å². The first-order valence-electron chi connectivity index (χ1n) is 8.58. The Hall–Kier alpha value is -1.63. The molecule has 0 unspecified atom stereocenters. The lowest BCUT2D eigenvalue weighted by atomic mass is 9.77. The number of Topliss-reactive ketones (excluding diaryl/α,β-unsaturated/α-hetero) is 1. The summed E-state index contributed by atoms with van der Waals surface area (Å²) >= 11 is 0. The molecule has 0 aliphatic heterocycles. The van der Waals surface area contributed by atoms with Crippen LogP contribution in [0, 0.1) is 0 Å². The summed E-state index contributed by atoms with van der Waals surface area (Å²) in [6.45, 7) is 17.1. The lowest BCUT2D eigenvalue weighted by molar-refractivity contribution is 0.101. The Kier molecular flexibility index (Phi) is 4.45. The number of aryl methyl sites for hydroxylation is 1. The molecule has 2 rings (SSSR count). The van der Waals surface area contributed by atoms with Crippen LogP contribution in [-0.2, 0) is 17.3 Å². The molecule has 0 fully saturated rings. The van der Waals surface area contributed by atoms with E-state index in [0.717, 1.165) is 22.9 Å². The van der Waals surface area contributed by atoms with E-state index in [0.29, 0.717) is 0 Å². The normalized spacial score (nSPS) is 12.7. The number of carbonyl (C=O) groups is 1. The predicted molar refractivity (Wildman–Crippen MR) is 101 cm³/mol. The van der Waals surface area contributed by atoms with Gasteiger partial charge in [0, 0.05) is 5.56 Å². The van der Waals surface area contributed by atoms with E-state index in [1.54, 1.807) is 6.92 Å². The number of hydrogen-bond acceptors (Lipinski definition) is 1. The molecule has 0 atom stereocenters. The molecule has 0 heterocycles. The summed E-state index contributed by atoms with van der Waals surface area (Å²) < 4.78 is 0. The fourth-order valence-corrected chi connectivity index (χ4v) is 3.23. The van der Waals surface area contributed by atoms with Crippen molar-refractivity contribution in [3.63, 3.8) is 0 Å². The molecule has 0 radical (unpaired) electrons. The molecule has 0 aliphatic rings. The predicted octanol–water partition coefficient (Wildman–Crippen LogP) is 6.20. The Morgan fingerprint density at radius 1 is 0.913 bits per heavy atom. The van der Waals surface area contributed by atoms with Gasteiger partial charge < -0.3 is 0 Å². The fraction of sp³-hybridized carbons (Fsp3) is 0.500. The average molecular weight is 310 g/mol. The molecular weight excluding hydrogens is 280 g/mol. The summed E-state index contributed by atoms with van der Waals surface area (Å²) in [5.74, 6) is 0.158. The van der Waals surface area contributed by atoms with Gasteiger partial charge in [-0.15, -0.1) is 0 Å². The van der Waals surface area contributed by atoms with E-state index in [9.17, 15) is 4.79 Å². The zero-order valence-electron chi connectivity index (χ0n) is 15.9. The highest BCUT2D eigenvalue weighted by atomic mass is 16.1. The second kappa shape index (κ2) is 5.78. The van der Waals surface area contributed by atoms with E-state index in [4.69, 9.17) is 0 Å². The summed E-state index contributed by atoms with van der Waals surface area (Å²) in [5, 5.41) is 2.34. The Bertz CT molecular complexity index is 752. The van der Waals surface area contributed by atoms with Crippen LogP contribution in [0.5, 0.6) is 0 Å². The summed E-state index contributed by atoms with van der Waals surface area (Å²) in [6.07, 6.45) is 0.978. The molecule has 0 amide bonds. The van der Waals surface area contributed by atoms with Gasteiger partial charge in [-0.3, -0.25) is 4.79 Å². The molecule has 0 saturated heterocycles. The third-order valence-electron chi connectivity index (χ3n) is 4.63. The van der Waals surface area contributed by atoms with E-state index in [1.807, 2.05) is 0 Å². The summed E-state index contributed by atoms with van der Waals surface area (Å²) in [5.41, 5.74) is 4.78. The average Bonchev–Trinajstić information content (AvgIpc) is 2.42. The number of benzene rings is 2. The van der Waals surface area contributed by atoms with Crippen LogP contribution in [0.2, 0.25) is 0 Å². The van der Waals surface area contributed by atoms with Crippen molar-refractivity contribution in [3.05, 3.63) is 46.5 Å². The molecule has 0 saturated carbocycles. The summed E-state index contributed by atoms with van der Waals surface area (Å²) in [6, 6.07) is 8.88. The standard InChI is InChI=1S/C22H30O/c1-9-15-12-19(22(6,7)8)20(14(2)23)17-11-10-16(13-18(15)17)21(3,4)5/h10-13H,9H2,1-8H3. The molecule has 23 heavy (non-hydrogen) atoms. The topological polar surface area (TPSA) is 17.1 Å². The van der Waals surface area contributed by atoms with Crippen molar-refractivity contribution < 1.29 is 4.79 Å². The van der Waals surface area contributed by atoms with E-state index >= 15 is 0 Å². The molecule has 0 spiro atoms. The zero-order valence-corrected chi connectivity index (χ0v) is 15.9. The van der Waals surface area contributed by atoms with Crippen LogP contribution in [0.25, 0.3) is 10.8 Å². The minimum atomic E-state index is -0.0399. The Morgan fingerprint density at radius 3 is 1.96 bits per heavy atom. The summed E-state index contributed by atoms with van der Waals surface area (Å²) in [7, 11) is 0. The van der Waals surface area contributed by atoms with Crippen LogP contribution in [0.3, 0.4) is 0 Å². The maximum absolute atomic E-state index is 12.4. The maximum Gasteiger partial charge on any atom is 0.160 e. The number of rotatable bonds is 2. The largest absolute Gasteiger partial charge is 0.294 e. The maximum atomic E-state index is 12.4. The van der Waals surface area contributed by atoms with Gasteiger partial charge in [-0.1, -0.05) is 72.7 Å². The molecule has 0 aromatic heterocycles. The number of carbonyl (C=O) groups excluding carboxylic acids is 1. The lowest BCUT2D eigenvalue weighted by Gasteiger charge is -2.26. The van der Waals surface area contributed by atoms with Crippen molar-refractivity contribution in [3.8, 4) is 0 Å². The zero-order chi connectivity index (χ0) is 17.6. The first-order chi connectivity index (χ1) is 10.5. The van der Waals surface area contributed by atoms with Crippen LogP contribution < -0.4 is 0 Å². The van der Waals surface area contributed by atoms with Gasteiger partial charge in [0.15, 0.2) is 5.78 Å². The minimum absolute atomic E-state index is 0.0399. The van der Waals surface area contributed by atoms with E-state index in [1.165, 1.54) is 16.5 Å². The highest BCUT2D eigenvalue weighted by Crippen LogP contribution is 2.36. The Labute approximate surface area is 141 Å². The quantitative estimate of drug-likeness (QED) is 0.603. The van der Waals surface area contributed by atoms with E-state index in [2.05, 4.69) is 72.7 Å². The molecule has 2 aromatic carbocycles. The smallest absolute Gasteiger partial charge is 0.160 e. The van der Waals surface area contributed by atoms with Crippen molar-refractivity contribution in [2.45, 2.75) is 72.6 Å². The number of hydrogen-bond donors (Lipinski definition) is 0. The number of fused-ring (bicyclic) bond motifs is 1. The summed E-state index contributed by atoms with van der Waals surface area (Å²) in [4.78, 5) is 12.4. The number of ketones is 1. The van der Waals surface area contributed by atoms with Crippen LogP contribution in [0.15, 0.2) is 24.3 Å². The van der Waals surface area contributed by atoms with Gasteiger partial charge in [0.1, 0.15) is 0 Å². The van der Waals surface area contributed by atoms with Crippen LogP contribution in [0.1, 0.15) is 82.4 Å². The highest BCUT2D eigenvalue weighted by Gasteiger charge is 2.24. The Morgan fingerprint density at radius 2 is 1.52 bits per heavy atom. The van der Waals surface area contributed by atoms with Crippen molar-refractivity contribution in [1.29, 1.82) is 0 Å². The van der Waals surface area contributed by atoms with Gasteiger partial charge in [-0.05, 0) is 51.6 Å². The van der Waals surface area contributed by atoms with Gasteiger partial charge in [0.05, 0.1) is 0 Å². The second-order valence-corrected chi connectivity index (χ2v) is 8.63. The van der Waals surface area contributed by atoms with Crippen molar-refractivity contribution >= 4 is 16.6 Å². The van der Waals surface area contributed by atoms with Gasteiger partial charge in [0.2, 0.25) is 0 Å². The molecule has 0 bridgehead atoms. The van der Waals surface area contributed by atoms with Gasteiger partial charge in [-0.2, -0.15) is 0 Å². The van der Waals surface area contributed by atoms with Gasteiger partial charge >= 0.3 is 0 Å². The van der Waals surface area contributed by atoms with Gasteiger partial charge in [-0.25, -0.2) is 0 Å². The Balaban J connectivity index is 2.95. The molecular formula is C22H30O. The van der Waals surface area contributed by atoms with Crippen LogP contribution >= 0.6 is 0 Å². The molecule has 0 N–H and O–H groups in total. The van der Waals surface area contributed by atoms with Crippen molar-refractivity contribution in [2.75, 3.05) is 0 Å².